The van der Waals surface area contributed by atoms with Crippen LogP contribution in [-0.4, -0.2) is 38.1 Å². The van der Waals surface area contributed by atoms with E-state index in [0.29, 0.717) is 12.2 Å². The highest BCUT2D eigenvalue weighted by atomic mass is 35.5. The van der Waals surface area contributed by atoms with Crippen molar-refractivity contribution in [3.05, 3.63) is 29.8 Å². The molecule has 0 aliphatic heterocycles. The van der Waals surface area contributed by atoms with Gasteiger partial charge in [0.25, 0.3) is 0 Å². The van der Waals surface area contributed by atoms with E-state index >= 15 is 0 Å². The number of likely N-dealkylation sites (N-methyl/N-ethyl adjacent to an activating group) is 1. The van der Waals surface area contributed by atoms with Gasteiger partial charge in [-0.3, -0.25) is 4.79 Å². The number of hydrogen-bond acceptors (Lipinski definition) is 3. The molecule has 0 spiro atoms. The van der Waals surface area contributed by atoms with Crippen molar-refractivity contribution in [2.45, 2.75) is 13.8 Å². The second-order valence-corrected chi connectivity index (χ2v) is 4.38. The van der Waals surface area contributed by atoms with E-state index in [0.717, 1.165) is 18.7 Å². The lowest BCUT2D eigenvalue weighted by atomic mass is 10.2. The van der Waals surface area contributed by atoms with Crippen LogP contribution in [0.15, 0.2) is 24.3 Å². The Kier molecular flexibility index (Phi) is 10.0. The smallest absolute Gasteiger partial charge is 0.319 e. The third kappa shape index (κ3) is 8.88. The molecule has 21 heavy (non-hydrogen) atoms. The Morgan fingerprint density at radius 1 is 1.14 bits per heavy atom. The molecule has 0 bridgehead atoms. The number of carbonyl (C=O) groups excluding carboxylic acids is 2. The number of carbonyl (C=O) groups is 2. The van der Waals surface area contributed by atoms with Crippen molar-refractivity contribution in [2.75, 3.05) is 31.5 Å². The highest BCUT2D eigenvalue weighted by molar-refractivity contribution is 5.92. The summed E-state index contributed by atoms with van der Waals surface area (Å²) in [5.74, 6) is -0.206. The van der Waals surface area contributed by atoms with Gasteiger partial charge in [-0.1, -0.05) is 19.1 Å². The van der Waals surface area contributed by atoms with Gasteiger partial charge in [0.1, 0.15) is 0 Å². The van der Waals surface area contributed by atoms with Gasteiger partial charge in [-0.15, -0.1) is 12.4 Å². The molecule has 0 aliphatic carbocycles. The van der Waals surface area contributed by atoms with Gasteiger partial charge in [0.2, 0.25) is 5.91 Å². The predicted octanol–water partition coefficient (Wildman–Crippen LogP) is 1.26. The minimum Gasteiger partial charge on any atom is -0.353 e. The minimum absolute atomic E-state index is 0. The van der Waals surface area contributed by atoms with Crippen molar-refractivity contribution in [2.24, 2.45) is 0 Å². The lowest BCUT2D eigenvalue weighted by Gasteiger charge is -2.09. The van der Waals surface area contributed by atoms with Gasteiger partial charge >= 0.3 is 6.03 Å². The zero-order valence-electron chi connectivity index (χ0n) is 12.4. The maximum absolute atomic E-state index is 11.6. The maximum Gasteiger partial charge on any atom is 0.319 e. The molecule has 1 aromatic rings. The first-order valence-corrected chi connectivity index (χ1v) is 6.70. The van der Waals surface area contributed by atoms with Crippen molar-refractivity contribution in [3.63, 3.8) is 0 Å². The van der Waals surface area contributed by atoms with E-state index in [1.54, 1.807) is 6.07 Å². The second kappa shape index (κ2) is 10.9. The van der Waals surface area contributed by atoms with Crippen LogP contribution in [0.5, 0.6) is 0 Å². The van der Waals surface area contributed by atoms with E-state index in [1.165, 1.54) is 0 Å². The van der Waals surface area contributed by atoms with Crippen LogP contribution in [0.1, 0.15) is 12.5 Å². The molecule has 7 heteroatoms. The van der Waals surface area contributed by atoms with Crippen molar-refractivity contribution in [1.29, 1.82) is 0 Å². The topological polar surface area (TPSA) is 82.3 Å². The Labute approximate surface area is 131 Å². The van der Waals surface area contributed by atoms with E-state index in [-0.39, 0.29) is 24.9 Å². The fraction of sp³-hybridized carbons (Fsp3) is 0.429. The molecular formula is C14H23ClN4O2. The summed E-state index contributed by atoms with van der Waals surface area (Å²) in [5.41, 5.74) is 1.76. The van der Waals surface area contributed by atoms with Crippen LogP contribution in [0.3, 0.4) is 0 Å². The summed E-state index contributed by atoms with van der Waals surface area (Å²) in [4.78, 5) is 23.0. The van der Waals surface area contributed by atoms with Crippen molar-refractivity contribution in [3.8, 4) is 0 Å². The van der Waals surface area contributed by atoms with Crippen LogP contribution in [0.25, 0.3) is 0 Å². The second-order valence-electron chi connectivity index (χ2n) is 4.38. The van der Waals surface area contributed by atoms with Crippen LogP contribution in [0.4, 0.5) is 10.5 Å². The maximum atomic E-state index is 11.6. The number of rotatable bonds is 7. The van der Waals surface area contributed by atoms with Crippen molar-refractivity contribution in [1.82, 2.24) is 16.0 Å². The summed E-state index contributed by atoms with van der Waals surface area (Å²) in [6.07, 6.45) is 0. The molecule has 0 radical (unpaired) electrons. The molecule has 0 unspecified atom stereocenters. The molecule has 1 rings (SSSR count). The number of hydrogen-bond donors (Lipinski definition) is 4. The fourth-order valence-corrected chi connectivity index (χ4v) is 1.59. The first-order valence-electron chi connectivity index (χ1n) is 6.70. The summed E-state index contributed by atoms with van der Waals surface area (Å²) in [6.45, 7) is 6.04. The molecule has 0 heterocycles. The normalized spacial score (nSPS) is 9.43. The zero-order valence-corrected chi connectivity index (χ0v) is 13.2. The number of urea groups is 1. The van der Waals surface area contributed by atoms with E-state index in [9.17, 15) is 9.59 Å². The van der Waals surface area contributed by atoms with Gasteiger partial charge < -0.3 is 21.3 Å². The first-order chi connectivity index (χ1) is 9.61. The Balaban J connectivity index is 0.00000400. The van der Waals surface area contributed by atoms with E-state index < -0.39 is 6.03 Å². The Hall–Kier alpha value is -1.79. The van der Waals surface area contributed by atoms with Crippen molar-refractivity contribution >= 4 is 30.0 Å². The molecule has 4 N–H and O–H groups in total. The highest BCUT2D eigenvalue weighted by Crippen LogP contribution is 2.08. The van der Waals surface area contributed by atoms with E-state index in [1.807, 2.05) is 32.0 Å². The van der Waals surface area contributed by atoms with Gasteiger partial charge in [0, 0.05) is 18.8 Å². The molecule has 118 valence electrons. The number of nitrogens with one attached hydrogen (secondary N) is 4. The Morgan fingerprint density at radius 3 is 2.57 bits per heavy atom. The molecule has 0 atom stereocenters. The summed E-state index contributed by atoms with van der Waals surface area (Å²) < 4.78 is 0. The number of amides is 3. The van der Waals surface area contributed by atoms with Gasteiger partial charge in [0.05, 0.1) is 6.54 Å². The fourth-order valence-electron chi connectivity index (χ4n) is 1.59. The molecular weight excluding hydrogens is 292 g/mol. The molecule has 0 saturated heterocycles. The summed E-state index contributed by atoms with van der Waals surface area (Å²) >= 11 is 0. The molecule has 0 aromatic heterocycles. The molecule has 6 nitrogen and oxygen atoms in total. The minimum atomic E-state index is -0.391. The van der Waals surface area contributed by atoms with Crippen LogP contribution < -0.4 is 21.3 Å². The molecule has 0 aliphatic rings. The van der Waals surface area contributed by atoms with Gasteiger partial charge in [-0.25, -0.2) is 4.79 Å². The lowest BCUT2D eigenvalue weighted by molar-refractivity contribution is -0.120. The average molecular weight is 315 g/mol. The summed E-state index contributed by atoms with van der Waals surface area (Å²) in [5, 5.41) is 11.0. The number of halogens is 1. The molecule has 3 amide bonds. The van der Waals surface area contributed by atoms with Gasteiger partial charge in [-0.2, -0.15) is 0 Å². The Bertz CT molecular complexity index is 454. The standard InChI is InChI=1S/C14H22N4O2.ClH/c1-3-15-7-8-16-13(19)10-17-14(20)18-12-6-4-5-11(2)9-12;/h4-6,9,15H,3,7-8,10H2,1-2H3,(H,16,19)(H2,17,18,20);1H. The number of anilines is 1. The van der Waals surface area contributed by atoms with Crippen LogP contribution in [0.2, 0.25) is 0 Å². The monoisotopic (exact) mass is 314 g/mol. The predicted molar refractivity (Wildman–Crippen MR) is 87.0 cm³/mol. The van der Waals surface area contributed by atoms with Gasteiger partial charge in [0.15, 0.2) is 0 Å². The summed E-state index contributed by atoms with van der Waals surface area (Å²) in [6, 6.07) is 7.07. The highest BCUT2D eigenvalue weighted by Gasteiger charge is 2.05. The third-order valence-corrected chi connectivity index (χ3v) is 2.56. The number of benzene rings is 1. The average Bonchev–Trinajstić information content (AvgIpc) is 2.41. The van der Waals surface area contributed by atoms with Crippen LogP contribution >= 0.6 is 12.4 Å². The summed E-state index contributed by atoms with van der Waals surface area (Å²) in [7, 11) is 0. The SMILES string of the molecule is CCNCCNC(=O)CNC(=O)Nc1cccc(C)c1.Cl. The van der Waals surface area contributed by atoms with Crippen LogP contribution in [-0.2, 0) is 4.79 Å². The van der Waals surface area contributed by atoms with Gasteiger partial charge in [-0.05, 0) is 31.2 Å². The zero-order chi connectivity index (χ0) is 14.8. The van der Waals surface area contributed by atoms with E-state index in [4.69, 9.17) is 0 Å². The van der Waals surface area contributed by atoms with E-state index in [2.05, 4.69) is 21.3 Å². The number of aryl methyl sites for hydroxylation is 1. The third-order valence-electron chi connectivity index (χ3n) is 2.56. The first kappa shape index (κ1) is 19.2. The Morgan fingerprint density at radius 2 is 1.90 bits per heavy atom. The van der Waals surface area contributed by atoms with Crippen LogP contribution in [0, 0.1) is 6.92 Å². The molecule has 0 saturated carbocycles. The van der Waals surface area contributed by atoms with Crippen molar-refractivity contribution < 1.29 is 9.59 Å². The molecule has 1 aromatic carbocycles. The lowest BCUT2D eigenvalue weighted by Crippen LogP contribution is -2.40. The quantitative estimate of drug-likeness (QED) is 0.572. The molecule has 0 fully saturated rings. The largest absolute Gasteiger partial charge is 0.353 e.